The van der Waals surface area contributed by atoms with Gasteiger partial charge in [-0.1, -0.05) is 30.3 Å². The Bertz CT molecular complexity index is 562. The lowest BCUT2D eigenvalue weighted by molar-refractivity contribution is 0.0600. The fourth-order valence-electron chi connectivity index (χ4n) is 2.21. The van der Waals surface area contributed by atoms with Gasteiger partial charge in [-0.15, -0.1) is 0 Å². The van der Waals surface area contributed by atoms with Crippen molar-refractivity contribution in [3.63, 3.8) is 0 Å². The Kier molecular flexibility index (Phi) is 4.00. The molecule has 0 aliphatic heterocycles. The predicted octanol–water partition coefficient (Wildman–Crippen LogP) is 3.68. The largest absolute Gasteiger partial charge is 0.465 e. The van der Waals surface area contributed by atoms with Gasteiger partial charge >= 0.3 is 5.97 Å². The SMILES string of the molecule is COC(=O)c1ccc(Cc2c(C)cccc2C)cc1. The molecule has 0 N–H and O–H groups in total. The number of ether oxygens (including phenoxy) is 1. The van der Waals surface area contributed by atoms with Crippen LogP contribution in [-0.2, 0) is 11.2 Å². The van der Waals surface area contributed by atoms with E-state index < -0.39 is 0 Å². The maximum atomic E-state index is 11.4. The maximum Gasteiger partial charge on any atom is 0.337 e. The van der Waals surface area contributed by atoms with E-state index in [4.69, 9.17) is 4.74 Å². The Labute approximate surface area is 114 Å². The van der Waals surface area contributed by atoms with Crippen LogP contribution in [0.15, 0.2) is 42.5 Å². The first-order valence-electron chi connectivity index (χ1n) is 6.34. The van der Waals surface area contributed by atoms with Crippen LogP contribution in [0.25, 0.3) is 0 Å². The van der Waals surface area contributed by atoms with Crippen LogP contribution in [0.4, 0.5) is 0 Å². The third kappa shape index (κ3) is 3.02. The molecule has 0 amide bonds. The predicted molar refractivity (Wildman–Crippen MR) is 76.5 cm³/mol. The second kappa shape index (κ2) is 5.70. The molecule has 0 unspecified atom stereocenters. The molecule has 2 aromatic carbocycles. The number of carbonyl (C=O) groups is 1. The minimum Gasteiger partial charge on any atom is -0.465 e. The molecule has 2 nitrogen and oxygen atoms in total. The Hall–Kier alpha value is -2.09. The Morgan fingerprint density at radius 1 is 1.00 bits per heavy atom. The van der Waals surface area contributed by atoms with Crippen molar-refractivity contribution in [1.29, 1.82) is 0 Å². The number of rotatable bonds is 3. The van der Waals surface area contributed by atoms with Crippen LogP contribution in [0, 0.1) is 13.8 Å². The normalized spacial score (nSPS) is 10.3. The number of aryl methyl sites for hydroxylation is 2. The quantitative estimate of drug-likeness (QED) is 0.781. The van der Waals surface area contributed by atoms with E-state index in [1.165, 1.54) is 29.4 Å². The molecule has 0 aromatic heterocycles. The van der Waals surface area contributed by atoms with Crippen LogP contribution in [-0.4, -0.2) is 13.1 Å². The Balaban J connectivity index is 2.22. The number of methoxy groups -OCH3 is 1. The van der Waals surface area contributed by atoms with Gasteiger partial charge < -0.3 is 4.74 Å². The fraction of sp³-hybridized carbons (Fsp3) is 0.235. The number of esters is 1. The van der Waals surface area contributed by atoms with Crippen LogP contribution in [0.5, 0.6) is 0 Å². The number of benzene rings is 2. The van der Waals surface area contributed by atoms with E-state index in [9.17, 15) is 4.79 Å². The molecule has 2 rings (SSSR count). The van der Waals surface area contributed by atoms with Crippen LogP contribution < -0.4 is 0 Å². The minimum atomic E-state index is -0.293. The van der Waals surface area contributed by atoms with Crippen LogP contribution in [0.1, 0.15) is 32.6 Å². The summed E-state index contributed by atoms with van der Waals surface area (Å²) in [5.74, 6) is -0.293. The molecule has 0 radical (unpaired) electrons. The number of hydrogen-bond acceptors (Lipinski definition) is 2. The van der Waals surface area contributed by atoms with E-state index in [1.807, 2.05) is 24.3 Å². The van der Waals surface area contributed by atoms with E-state index in [0.29, 0.717) is 5.56 Å². The zero-order valence-electron chi connectivity index (χ0n) is 11.6. The van der Waals surface area contributed by atoms with Crippen molar-refractivity contribution in [2.24, 2.45) is 0 Å². The molecule has 0 saturated carbocycles. The van der Waals surface area contributed by atoms with Crippen molar-refractivity contribution in [1.82, 2.24) is 0 Å². The average Bonchev–Trinajstić information content (AvgIpc) is 2.43. The van der Waals surface area contributed by atoms with E-state index in [2.05, 4.69) is 32.0 Å². The van der Waals surface area contributed by atoms with Crippen molar-refractivity contribution < 1.29 is 9.53 Å². The molecule has 0 aliphatic rings. The molecule has 0 saturated heterocycles. The van der Waals surface area contributed by atoms with Gasteiger partial charge in [0.15, 0.2) is 0 Å². The molecule has 2 aromatic rings. The molecule has 0 aliphatic carbocycles. The maximum absolute atomic E-state index is 11.4. The highest BCUT2D eigenvalue weighted by Crippen LogP contribution is 2.18. The average molecular weight is 254 g/mol. The first kappa shape index (κ1) is 13.3. The van der Waals surface area contributed by atoms with E-state index in [-0.39, 0.29) is 5.97 Å². The molecule has 0 heterocycles. The van der Waals surface area contributed by atoms with Gasteiger partial charge in [0, 0.05) is 0 Å². The molecular formula is C17H18O2. The molecule has 0 spiro atoms. The van der Waals surface area contributed by atoms with E-state index >= 15 is 0 Å². The molecule has 0 bridgehead atoms. The lowest BCUT2D eigenvalue weighted by Gasteiger charge is -2.10. The van der Waals surface area contributed by atoms with Gasteiger partial charge in [-0.05, 0) is 54.7 Å². The van der Waals surface area contributed by atoms with Gasteiger partial charge in [-0.25, -0.2) is 4.79 Å². The number of hydrogen-bond donors (Lipinski definition) is 0. The molecule has 2 heteroatoms. The summed E-state index contributed by atoms with van der Waals surface area (Å²) < 4.78 is 4.69. The highest BCUT2D eigenvalue weighted by Gasteiger charge is 2.06. The Morgan fingerprint density at radius 2 is 1.58 bits per heavy atom. The van der Waals surface area contributed by atoms with Gasteiger partial charge in [0.05, 0.1) is 12.7 Å². The van der Waals surface area contributed by atoms with Crippen molar-refractivity contribution in [2.45, 2.75) is 20.3 Å². The summed E-state index contributed by atoms with van der Waals surface area (Å²) in [5.41, 5.74) is 5.75. The van der Waals surface area contributed by atoms with Gasteiger partial charge in [-0.3, -0.25) is 0 Å². The van der Waals surface area contributed by atoms with Gasteiger partial charge in [0.1, 0.15) is 0 Å². The van der Waals surface area contributed by atoms with Crippen molar-refractivity contribution >= 4 is 5.97 Å². The second-order valence-corrected chi connectivity index (χ2v) is 4.74. The van der Waals surface area contributed by atoms with Crippen molar-refractivity contribution in [3.8, 4) is 0 Å². The molecular weight excluding hydrogens is 236 g/mol. The third-order valence-corrected chi connectivity index (χ3v) is 3.40. The Morgan fingerprint density at radius 3 is 2.11 bits per heavy atom. The molecule has 19 heavy (non-hydrogen) atoms. The summed E-state index contributed by atoms with van der Waals surface area (Å²) in [6.45, 7) is 4.26. The lowest BCUT2D eigenvalue weighted by atomic mass is 9.96. The van der Waals surface area contributed by atoms with Crippen LogP contribution >= 0.6 is 0 Å². The monoisotopic (exact) mass is 254 g/mol. The fourth-order valence-corrected chi connectivity index (χ4v) is 2.21. The smallest absolute Gasteiger partial charge is 0.337 e. The number of carbonyl (C=O) groups excluding carboxylic acids is 1. The van der Waals surface area contributed by atoms with Gasteiger partial charge in [0.2, 0.25) is 0 Å². The summed E-state index contributed by atoms with van der Waals surface area (Å²) >= 11 is 0. The topological polar surface area (TPSA) is 26.3 Å². The van der Waals surface area contributed by atoms with Crippen molar-refractivity contribution in [3.05, 3.63) is 70.3 Å². The first-order valence-corrected chi connectivity index (χ1v) is 6.34. The van der Waals surface area contributed by atoms with Gasteiger partial charge in [0.25, 0.3) is 0 Å². The lowest BCUT2D eigenvalue weighted by Crippen LogP contribution is -2.01. The van der Waals surface area contributed by atoms with E-state index in [1.54, 1.807) is 0 Å². The van der Waals surface area contributed by atoms with E-state index in [0.717, 1.165) is 6.42 Å². The summed E-state index contributed by atoms with van der Waals surface area (Å²) in [6.07, 6.45) is 0.889. The van der Waals surface area contributed by atoms with Crippen LogP contribution in [0.3, 0.4) is 0 Å². The first-order chi connectivity index (χ1) is 9.11. The summed E-state index contributed by atoms with van der Waals surface area (Å²) in [5, 5.41) is 0. The summed E-state index contributed by atoms with van der Waals surface area (Å²) in [6, 6.07) is 13.9. The van der Waals surface area contributed by atoms with Crippen molar-refractivity contribution in [2.75, 3.05) is 7.11 Å². The zero-order chi connectivity index (χ0) is 13.8. The molecule has 0 atom stereocenters. The molecule has 98 valence electrons. The third-order valence-electron chi connectivity index (χ3n) is 3.40. The minimum absolute atomic E-state index is 0.293. The second-order valence-electron chi connectivity index (χ2n) is 4.74. The highest BCUT2D eigenvalue weighted by atomic mass is 16.5. The summed E-state index contributed by atoms with van der Waals surface area (Å²) in [7, 11) is 1.40. The standard InChI is InChI=1S/C17H18O2/c1-12-5-4-6-13(2)16(12)11-14-7-9-15(10-8-14)17(18)19-3/h4-10H,11H2,1-3H3. The van der Waals surface area contributed by atoms with Gasteiger partial charge in [-0.2, -0.15) is 0 Å². The summed E-state index contributed by atoms with van der Waals surface area (Å²) in [4.78, 5) is 11.4. The molecule has 0 fully saturated rings. The van der Waals surface area contributed by atoms with Crippen LogP contribution in [0.2, 0.25) is 0 Å². The highest BCUT2D eigenvalue weighted by molar-refractivity contribution is 5.89. The zero-order valence-corrected chi connectivity index (χ0v) is 11.6.